The number of aromatic nitrogens is 2. The van der Waals surface area contributed by atoms with E-state index >= 15 is 0 Å². The minimum absolute atomic E-state index is 0.0939. The van der Waals surface area contributed by atoms with Crippen LogP contribution in [0.1, 0.15) is 11.1 Å². The molecule has 0 bridgehead atoms. The summed E-state index contributed by atoms with van der Waals surface area (Å²) in [6.45, 7) is 1.93. The molecule has 0 aliphatic rings. The van der Waals surface area contributed by atoms with E-state index in [2.05, 4.69) is 15.3 Å². The summed E-state index contributed by atoms with van der Waals surface area (Å²) in [6.07, 6.45) is -3.90. The maximum atomic E-state index is 13.3. The monoisotopic (exact) mass is 376 g/mol. The second-order valence-corrected chi connectivity index (χ2v) is 5.96. The largest absolute Gasteiger partial charge is 0.421 e. The minimum Gasteiger partial charge on any atom is -0.340 e. The van der Waals surface area contributed by atoms with Crippen LogP contribution >= 0.6 is 0 Å². The van der Waals surface area contributed by atoms with Gasteiger partial charge in [0.2, 0.25) is 5.95 Å². The normalized spacial score (nSPS) is 11.3. The average molecular weight is 376 g/mol. The highest BCUT2D eigenvalue weighted by Gasteiger charge is 2.35. The van der Waals surface area contributed by atoms with Gasteiger partial charge >= 0.3 is 6.18 Å². The van der Waals surface area contributed by atoms with Crippen molar-refractivity contribution in [2.75, 3.05) is 17.3 Å². The molecule has 1 heterocycles. The van der Waals surface area contributed by atoms with Crippen LogP contribution in [0, 0.1) is 12.7 Å². The van der Waals surface area contributed by atoms with Crippen LogP contribution in [0.4, 0.5) is 40.7 Å². The number of hydrogen-bond donors (Lipinski definition) is 1. The number of nitrogens with one attached hydrogen (secondary N) is 1. The highest BCUT2D eigenvalue weighted by Crippen LogP contribution is 2.36. The van der Waals surface area contributed by atoms with Gasteiger partial charge in [0.25, 0.3) is 0 Å². The Kier molecular flexibility index (Phi) is 4.98. The molecule has 0 aliphatic carbocycles. The third-order valence-electron chi connectivity index (χ3n) is 3.91. The maximum absolute atomic E-state index is 13.3. The molecule has 0 radical (unpaired) electrons. The molecule has 1 aromatic heterocycles. The maximum Gasteiger partial charge on any atom is 0.421 e. The highest BCUT2D eigenvalue weighted by molar-refractivity contribution is 5.63. The molecule has 0 saturated carbocycles. The van der Waals surface area contributed by atoms with Crippen molar-refractivity contribution in [3.8, 4) is 0 Å². The van der Waals surface area contributed by atoms with Gasteiger partial charge in [-0.25, -0.2) is 9.37 Å². The SMILES string of the molecule is Cc1ccc(N(C)c2ncc(C(F)(F)F)c(Nc3ccc(F)cc3)n2)cc1. The number of aryl methyl sites for hydroxylation is 1. The second-order valence-electron chi connectivity index (χ2n) is 5.96. The minimum atomic E-state index is -4.64. The Bertz CT molecular complexity index is 922. The summed E-state index contributed by atoms with van der Waals surface area (Å²) < 4.78 is 53.0. The van der Waals surface area contributed by atoms with Crippen molar-refractivity contribution in [2.45, 2.75) is 13.1 Å². The van der Waals surface area contributed by atoms with E-state index in [-0.39, 0.29) is 11.6 Å². The van der Waals surface area contributed by atoms with Crippen LogP contribution in [-0.2, 0) is 6.18 Å². The Hall–Kier alpha value is -3.16. The molecule has 0 saturated heterocycles. The van der Waals surface area contributed by atoms with Gasteiger partial charge in [-0.05, 0) is 43.3 Å². The van der Waals surface area contributed by atoms with Crippen molar-refractivity contribution in [3.05, 3.63) is 71.7 Å². The van der Waals surface area contributed by atoms with Crippen LogP contribution < -0.4 is 10.2 Å². The molecule has 0 atom stereocenters. The lowest BCUT2D eigenvalue weighted by Gasteiger charge is -2.20. The van der Waals surface area contributed by atoms with Gasteiger partial charge in [0, 0.05) is 24.6 Å². The van der Waals surface area contributed by atoms with Gasteiger partial charge in [0.1, 0.15) is 17.2 Å². The molecule has 0 unspecified atom stereocenters. The predicted molar refractivity (Wildman–Crippen MR) is 96.0 cm³/mol. The number of alkyl halides is 3. The van der Waals surface area contributed by atoms with Crippen molar-refractivity contribution >= 4 is 23.1 Å². The summed E-state index contributed by atoms with van der Waals surface area (Å²) in [4.78, 5) is 9.48. The lowest BCUT2D eigenvalue weighted by molar-refractivity contribution is -0.137. The molecule has 0 fully saturated rings. The summed E-state index contributed by atoms with van der Waals surface area (Å²) in [5, 5.41) is 2.60. The van der Waals surface area contributed by atoms with E-state index in [0.717, 1.165) is 29.6 Å². The fourth-order valence-corrected chi connectivity index (χ4v) is 2.39. The summed E-state index contributed by atoms with van der Waals surface area (Å²) in [5.74, 6) is -0.798. The third kappa shape index (κ3) is 4.33. The molecular formula is C19H16F4N4. The number of hydrogen-bond acceptors (Lipinski definition) is 4. The molecular weight excluding hydrogens is 360 g/mol. The summed E-state index contributed by atoms with van der Waals surface area (Å²) in [5.41, 5.74) is 1.06. The van der Waals surface area contributed by atoms with Gasteiger partial charge in [-0.15, -0.1) is 0 Å². The fraction of sp³-hybridized carbons (Fsp3) is 0.158. The molecule has 2 aromatic carbocycles. The van der Waals surface area contributed by atoms with Gasteiger partial charge in [0.05, 0.1) is 0 Å². The lowest BCUT2D eigenvalue weighted by atomic mass is 10.2. The second kappa shape index (κ2) is 7.22. The van der Waals surface area contributed by atoms with Gasteiger partial charge in [-0.2, -0.15) is 18.2 Å². The Morgan fingerprint density at radius 3 is 2.19 bits per heavy atom. The van der Waals surface area contributed by atoms with Crippen LogP contribution in [0.5, 0.6) is 0 Å². The average Bonchev–Trinajstić information content (AvgIpc) is 2.63. The molecule has 0 aliphatic heterocycles. The first-order valence-electron chi connectivity index (χ1n) is 8.01. The van der Waals surface area contributed by atoms with E-state index in [1.165, 1.54) is 12.1 Å². The summed E-state index contributed by atoms with van der Waals surface area (Å²) in [6, 6.07) is 12.4. The number of anilines is 4. The zero-order valence-electron chi connectivity index (χ0n) is 14.5. The van der Waals surface area contributed by atoms with Gasteiger partial charge in [0.15, 0.2) is 0 Å². The van der Waals surface area contributed by atoms with Crippen molar-refractivity contribution in [2.24, 2.45) is 0 Å². The molecule has 140 valence electrons. The first-order chi connectivity index (χ1) is 12.7. The van der Waals surface area contributed by atoms with Gasteiger partial charge in [-0.1, -0.05) is 17.7 Å². The number of benzene rings is 2. The fourth-order valence-electron chi connectivity index (χ4n) is 2.39. The Labute approximate surface area is 153 Å². The van der Waals surface area contributed by atoms with E-state index in [1.807, 2.05) is 31.2 Å². The first-order valence-corrected chi connectivity index (χ1v) is 8.01. The molecule has 0 spiro atoms. The van der Waals surface area contributed by atoms with Crippen LogP contribution in [0.3, 0.4) is 0 Å². The lowest BCUT2D eigenvalue weighted by Crippen LogP contribution is -2.17. The quantitative estimate of drug-likeness (QED) is 0.615. The Morgan fingerprint density at radius 1 is 0.963 bits per heavy atom. The summed E-state index contributed by atoms with van der Waals surface area (Å²) >= 11 is 0. The van der Waals surface area contributed by atoms with Crippen LogP contribution in [-0.4, -0.2) is 17.0 Å². The van der Waals surface area contributed by atoms with E-state index < -0.39 is 23.4 Å². The zero-order valence-corrected chi connectivity index (χ0v) is 14.5. The zero-order chi connectivity index (χ0) is 19.6. The number of halogens is 4. The van der Waals surface area contributed by atoms with Gasteiger partial charge < -0.3 is 10.2 Å². The van der Waals surface area contributed by atoms with Crippen molar-refractivity contribution in [3.63, 3.8) is 0 Å². The van der Waals surface area contributed by atoms with E-state index in [1.54, 1.807) is 11.9 Å². The molecule has 27 heavy (non-hydrogen) atoms. The third-order valence-corrected chi connectivity index (χ3v) is 3.91. The molecule has 0 amide bonds. The van der Waals surface area contributed by atoms with E-state index in [4.69, 9.17) is 0 Å². The molecule has 8 heteroatoms. The van der Waals surface area contributed by atoms with E-state index in [0.29, 0.717) is 0 Å². The smallest absolute Gasteiger partial charge is 0.340 e. The van der Waals surface area contributed by atoms with Crippen molar-refractivity contribution in [1.29, 1.82) is 0 Å². The Morgan fingerprint density at radius 2 is 1.59 bits per heavy atom. The van der Waals surface area contributed by atoms with Crippen LogP contribution in [0.2, 0.25) is 0 Å². The standard InChI is InChI=1S/C19H16F4N4/c1-12-3-9-15(10-4-12)27(2)18-24-11-16(19(21,22)23)17(26-18)25-14-7-5-13(20)6-8-14/h3-11H,1-2H3,(H,24,25,26). The van der Waals surface area contributed by atoms with Crippen LogP contribution in [0.15, 0.2) is 54.7 Å². The topological polar surface area (TPSA) is 41.1 Å². The molecule has 3 rings (SSSR count). The van der Waals surface area contributed by atoms with Crippen LogP contribution in [0.25, 0.3) is 0 Å². The van der Waals surface area contributed by atoms with Crippen molar-refractivity contribution < 1.29 is 17.6 Å². The van der Waals surface area contributed by atoms with Crippen molar-refractivity contribution in [1.82, 2.24) is 9.97 Å². The molecule has 4 nitrogen and oxygen atoms in total. The molecule has 1 N–H and O–H groups in total. The summed E-state index contributed by atoms with van der Waals surface area (Å²) in [7, 11) is 1.66. The molecule has 3 aromatic rings. The first kappa shape index (κ1) is 18.6. The van der Waals surface area contributed by atoms with Gasteiger partial charge in [-0.3, -0.25) is 0 Å². The van der Waals surface area contributed by atoms with E-state index in [9.17, 15) is 17.6 Å². The Balaban J connectivity index is 1.99. The number of rotatable bonds is 4. The predicted octanol–water partition coefficient (Wildman–Crippen LogP) is 5.45. The number of nitrogens with zero attached hydrogens (tertiary/aromatic N) is 3. The highest BCUT2D eigenvalue weighted by atomic mass is 19.4.